The monoisotopic (exact) mass is 383 g/mol. The average Bonchev–Trinajstić information content (AvgIpc) is 2.67. The normalized spacial score (nSPS) is 24.6. The van der Waals surface area contributed by atoms with Gasteiger partial charge in [0.05, 0.1) is 5.92 Å². The van der Waals surface area contributed by atoms with Crippen molar-refractivity contribution in [3.63, 3.8) is 0 Å². The first-order valence-electron chi connectivity index (χ1n) is 10.4. The third-order valence-electron chi connectivity index (χ3n) is 5.69. The first-order chi connectivity index (χ1) is 13.0. The molecule has 1 atom stereocenters. The van der Waals surface area contributed by atoms with Gasteiger partial charge in [0, 0.05) is 18.9 Å². The lowest BCUT2D eigenvalue weighted by atomic mass is 9.82. The van der Waals surface area contributed by atoms with E-state index < -0.39 is 18.4 Å². The number of carboxylic acids is 1. The molecular weight excluding hydrogens is 350 g/mol. The minimum Gasteiger partial charge on any atom is -0.481 e. The second kappa shape index (κ2) is 11.1. The van der Waals surface area contributed by atoms with Crippen molar-refractivity contribution in [2.75, 3.05) is 6.54 Å². The second-order valence-corrected chi connectivity index (χ2v) is 7.85. The molecule has 0 aromatic rings. The van der Waals surface area contributed by atoms with Crippen LogP contribution in [0.2, 0.25) is 0 Å². The summed E-state index contributed by atoms with van der Waals surface area (Å²) in [5, 5.41) is 11.8. The summed E-state index contributed by atoms with van der Waals surface area (Å²) in [6, 6.07) is 0. The maximum absolute atomic E-state index is 12.2. The number of rotatable bonds is 8. The number of esters is 1. The highest BCUT2D eigenvalue weighted by Crippen LogP contribution is 2.30. The molecule has 154 valence electrons. The van der Waals surface area contributed by atoms with Gasteiger partial charge in [0.1, 0.15) is 0 Å². The van der Waals surface area contributed by atoms with Crippen LogP contribution in [0.1, 0.15) is 77.6 Å². The predicted octanol–water partition coefficient (Wildman–Crippen LogP) is 3.85. The molecule has 0 spiro atoms. The first-order valence-corrected chi connectivity index (χ1v) is 10.4. The maximum atomic E-state index is 12.2. The number of aliphatic carboxylic acids is 1. The van der Waals surface area contributed by atoms with Crippen molar-refractivity contribution < 1.29 is 29.0 Å². The molecule has 0 heterocycles. The Balaban J connectivity index is 1.78. The van der Waals surface area contributed by atoms with Crippen LogP contribution < -0.4 is 5.32 Å². The van der Waals surface area contributed by atoms with Crippen LogP contribution in [0.25, 0.3) is 0 Å². The van der Waals surface area contributed by atoms with E-state index in [9.17, 15) is 14.4 Å². The number of carboxylic acid groups (broad SMARTS) is 1. The molecule has 27 heavy (non-hydrogen) atoms. The number of amides is 1. The lowest BCUT2D eigenvalue weighted by Crippen LogP contribution is -2.39. The van der Waals surface area contributed by atoms with E-state index in [0.717, 1.165) is 44.9 Å². The molecule has 1 unspecified atom stereocenters. The highest BCUT2D eigenvalue weighted by molar-refractivity contribution is 5.71. The molecule has 0 saturated heterocycles. The Hall–Kier alpha value is -1.79. The van der Waals surface area contributed by atoms with Gasteiger partial charge in [0.15, 0.2) is 0 Å². The van der Waals surface area contributed by atoms with E-state index in [1.54, 1.807) is 0 Å². The Bertz CT molecular complexity index is 495. The maximum Gasteiger partial charge on any atom is 0.410 e. The Kier molecular flexibility index (Phi) is 8.88. The molecule has 2 N–H and O–H groups in total. The van der Waals surface area contributed by atoms with E-state index in [0.29, 0.717) is 32.2 Å². The van der Waals surface area contributed by atoms with Crippen LogP contribution in [0.15, 0.2) is 0 Å². The van der Waals surface area contributed by atoms with Gasteiger partial charge in [-0.05, 0) is 50.9 Å². The van der Waals surface area contributed by atoms with Crippen LogP contribution in [-0.2, 0) is 19.1 Å². The zero-order valence-corrected chi connectivity index (χ0v) is 16.3. The Morgan fingerprint density at radius 3 is 2.26 bits per heavy atom. The smallest absolute Gasteiger partial charge is 0.410 e. The van der Waals surface area contributed by atoms with Gasteiger partial charge in [0.2, 0.25) is 0 Å². The summed E-state index contributed by atoms with van der Waals surface area (Å²) in [6.45, 7) is 2.37. The Labute approximate surface area is 161 Å². The number of hydrogen-bond acceptors (Lipinski definition) is 5. The van der Waals surface area contributed by atoms with Gasteiger partial charge in [0.25, 0.3) is 6.29 Å². The van der Waals surface area contributed by atoms with Gasteiger partial charge in [-0.15, -0.1) is 0 Å². The predicted molar refractivity (Wildman–Crippen MR) is 98.9 cm³/mol. The van der Waals surface area contributed by atoms with E-state index in [2.05, 4.69) is 5.32 Å². The average molecular weight is 383 g/mol. The molecule has 0 aromatic heterocycles. The number of ether oxygens (including phenoxy) is 2. The van der Waals surface area contributed by atoms with Gasteiger partial charge >= 0.3 is 18.0 Å². The number of nitrogens with one attached hydrogen (secondary N) is 1. The van der Waals surface area contributed by atoms with Crippen LogP contribution >= 0.6 is 0 Å². The minimum atomic E-state index is -0.813. The van der Waals surface area contributed by atoms with Crippen molar-refractivity contribution in [2.24, 2.45) is 17.8 Å². The summed E-state index contributed by atoms with van der Waals surface area (Å²) < 4.78 is 10.9. The fraction of sp³-hybridized carbons (Fsp3) is 0.850. The second-order valence-electron chi connectivity index (χ2n) is 7.85. The highest BCUT2D eigenvalue weighted by atomic mass is 16.7. The summed E-state index contributed by atoms with van der Waals surface area (Å²) >= 11 is 0. The molecule has 2 aliphatic rings. The summed E-state index contributed by atoms with van der Waals surface area (Å²) in [7, 11) is 0. The third-order valence-corrected chi connectivity index (χ3v) is 5.69. The van der Waals surface area contributed by atoms with Crippen molar-refractivity contribution in [1.82, 2.24) is 5.32 Å². The topological polar surface area (TPSA) is 102 Å². The fourth-order valence-corrected chi connectivity index (χ4v) is 4.00. The molecule has 0 aliphatic heterocycles. The Morgan fingerprint density at radius 2 is 1.67 bits per heavy atom. The first kappa shape index (κ1) is 21.5. The van der Waals surface area contributed by atoms with Crippen LogP contribution in [0.5, 0.6) is 0 Å². The van der Waals surface area contributed by atoms with Gasteiger partial charge in [-0.25, -0.2) is 4.79 Å². The van der Waals surface area contributed by atoms with Crippen LogP contribution in [-0.4, -0.2) is 36.0 Å². The van der Waals surface area contributed by atoms with Crippen LogP contribution in [0, 0.1) is 17.8 Å². The molecule has 0 radical (unpaired) electrons. The minimum absolute atomic E-state index is 0.0660. The SMILES string of the molecule is CCCC(=O)OC(OC(=O)NC[C@H]1CC[C@H](C(=O)O)CC1)C1CCCCC1. The van der Waals surface area contributed by atoms with Gasteiger partial charge in [-0.2, -0.15) is 0 Å². The molecule has 7 nitrogen and oxygen atoms in total. The zero-order valence-electron chi connectivity index (χ0n) is 16.3. The third kappa shape index (κ3) is 7.39. The lowest BCUT2D eigenvalue weighted by molar-refractivity contribution is -0.179. The Morgan fingerprint density at radius 1 is 1.00 bits per heavy atom. The molecule has 7 heteroatoms. The number of hydrogen-bond donors (Lipinski definition) is 2. The van der Waals surface area contributed by atoms with Crippen molar-refractivity contribution >= 4 is 18.0 Å². The number of alkyl carbamates (subject to hydrolysis) is 1. The fourth-order valence-electron chi connectivity index (χ4n) is 4.00. The summed E-state index contributed by atoms with van der Waals surface area (Å²) in [4.78, 5) is 35.1. The van der Waals surface area contributed by atoms with Crippen molar-refractivity contribution in [3.8, 4) is 0 Å². The summed E-state index contributed by atoms with van der Waals surface area (Å²) in [5.74, 6) is -0.986. The molecule has 2 aliphatic carbocycles. The molecule has 1 amide bonds. The van der Waals surface area contributed by atoms with Gasteiger partial charge in [-0.3, -0.25) is 9.59 Å². The number of carbonyl (C=O) groups excluding carboxylic acids is 2. The zero-order chi connectivity index (χ0) is 19.6. The van der Waals surface area contributed by atoms with E-state index in [1.807, 2.05) is 6.92 Å². The molecule has 2 saturated carbocycles. The molecule has 2 rings (SSSR count). The van der Waals surface area contributed by atoms with Gasteiger partial charge in [-0.1, -0.05) is 26.2 Å². The molecule has 0 bridgehead atoms. The molecule has 0 aromatic carbocycles. The van der Waals surface area contributed by atoms with Crippen molar-refractivity contribution in [1.29, 1.82) is 0 Å². The van der Waals surface area contributed by atoms with E-state index in [1.165, 1.54) is 0 Å². The molecule has 2 fully saturated rings. The largest absolute Gasteiger partial charge is 0.481 e. The van der Waals surface area contributed by atoms with Crippen molar-refractivity contribution in [2.45, 2.75) is 83.8 Å². The standard InChI is InChI=1S/C20H33NO6/c1-2-6-17(22)26-19(16-7-4-3-5-8-16)27-20(25)21-13-14-9-11-15(12-10-14)18(23)24/h14-16,19H,2-13H2,1H3,(H,21,25)(H,23,24)/t14-,15-,19?. The van der Waals surface area contributed by atoms with E-state index in [4.69, 9.17) is 14.6 Å². The molecular formula is C20H33NO6. The number of carbonyl (C=O) groups is 3. The van der Waals surface area contributed by atoms with E-state index in [-0.39, 0.29) is 23.7 Å². The van der Waals surface area contributed by atoms with Gasteiger partial charge < -0.3 is 19.9 Å². The van der Waals surface area contributed by atoms with Crippen LogP contribution in [0.4, 0.5) is 4.79 Å². The highest BCUT2D eigenvalue weighted by Gasteiger charge is 2.31. The van der Waals surface area contributed by atoms with Crippen LogP contribution in [0.3, 0.4) is 0 Å². The van der Waals surface area contributed by atoms with E-state index >= 15 is 0 Å². The lowest BCUT2D eigenvalue weighted by Gasteiger charge is -2.30. The van der Waals surface area contributed by atoms with Crippen molar-refractivity contribution in [3.05, 3.63) is 0 Å². The summed E-state index contributed by atoms with van der Waals surface area (Å²) in [6.07, 6.45) is 7.60. The summed E-state index contributed by atoms with van der Waals surface area (Å²) in [5.41, 5.74) is 0. The quantitative estimate of drug-likeness (QED) is 0.487.